The van der Waals surface area contributed by atoms with E-state index in [1.54, 1.807) is 0 Å². The zero-order chi connectivity index (χ0) is 32.8. The van der Waals surface area contributed by atoms with Crippen molar-refractivity contribution in [2.45, 2.75) is 0 Å². The van der Waals surface area contributed by atoms with Gasteiger partial charge in [-0.25, -0.2) is 4.98 Å². The van der Waals surface area contributed by atoms with E-state index in [-0.39, 0.29) is 0 Å². The predicted octanol–water partition coefficient (Wildman–Crippen LogP) is 12.7. The Balaban J connectivity index is 1.25. The molecule has 0 N–H and O–H groups in total. The highest BCUT2D eigenvalue weighted by Crippen LogP contribution is 2.46. The van der Waals surface area contributed by atoms with Gasteiger partial charge >= 0.3 is 0 Å². The molecule has 0 aliphatic carbocycles. The molecule has 50 heavy (non-hydrogen) atoms. The molecule has 4 nitrogen and oxygen atoms in total. The lowest BCUT2D eigenvalue weighted by atomic mass is 9.92. The Morgan fingerprint density at radius 1 is 0.360 bits per heavy atom. The van der Waals surface area contributed by atoms with Gasteiger partial charge in [0.05, 0.1) is 28.5 Å². The van der Waals surface area contributed by atoms with Crippen molar-refractivity contribution in [2.75, 3.05) is 0 Å². The number of nitrogens with zero attached hydrogens (tertiary/aromatic N) is 2. The molecule has 11 rings (SSSR count). The van der Waals surface area contributed by atoms with Crippen molar-refractivity contribution in [1.29, 1.82) is 0 Å². The van der Waals surface area contributed by atoms with E-state index in [9.17, 15) is 0 Å². The van der Waals surface area contributed by atoms with Crippen LogP contribution in [0.1, 0.15) is 0 Å². The molecule has 0 saturated heterocycles. The monoisotopic (exact) mass is 638 g/mol. The van der Waals surface area contributed by atoms with Crippen LogP contribution < -0.4 is 0 Å². The molecule has 3 aromatic heterocycles. The smallest absolute Gasteiger partial charge is 0.147 e. The maximum atomic E-state index is 6.69. The SMILES string of the molecule is c1ccc(-c2cc(-c3cnc4c5ccccc5c5ccccc5c4n3)cc(-c3c4oc5ccccc5c4cc4c3oc3ccccc34)c2)cc1. The molecule has 4 heteroatoms. The number of para-hydroxylation sites is 2. The molecular formula is C46H26N2O2. The number of aromatic nitrogens is 2. The lowest BCUT2D eigenvalue weighted by molar-refractivity contribution is 0.658. The maximum Gasteiger partial charge on any atom is 0.147 e. The summed E-state index contributed by atoms with van der Waals surface area (Å²) in [5.74, 6) is 0. The molecule has 0 spiro atoms. The number of hydrogen-bond donors (Lipinski definition) is 0. The zero-order valence-corrected chi connectivity index (χ0v) is 26.7. The van der Waals surface area contributed by atoms with Crippen molar-refractivity contribution in [3.63, 3.8) is 0 Å². The van der Waals surface area contributed by atoms with E-state index in [0.717, 1.165) is 99.2 Å². The minimum Gasteiger partial charge on any atom is -0.455 e. The highest BCUT2D eigenvalue weighted by Gasteiger charge is 2.22. The lowest BCUT2D eigenvalue weighted by Gasteiger charge is -2.13. The third-order valence-corrected chi connectivity index (χ3v) is 10.1. The molecule has 0 saturated carbocycles. The molecule has 0 radical (unpaired) electrons. The number of hydrogen-bond acceptors (Lipinski definition) is 4. The number of rotatable bonds is 3. The maximum absolute atomic E-state index is 6.69. The molecule has 3 heterocycles. The van der Waals surface area contributed by atoms with Gasteiger partial charge < -0.3 is 8.83 Å². The van der Waals surface area contributed by atoms with Gasteiger partial charge in [-0.3, -0.25) is 4.98 Å². The van der Waals surface area contributed by atoms with Crippen LogP contribution in [0.25, 0.3) is 110 Å². The average molecular weight is 639 g/mol. The first-order chi connectivity index (χ1) is 24.8. The molecule has 0 unspecified atom stereocenters. The third-order valence-electron chi connectivity index (χ3n) is 10.1. The van der Waals surface area contributed by atoms with Crippen molar-refractivity contribution in [1.82, 2.24) is 9.97 Å². The fraction of sp³-hybridized carbons (Fsp3) is 0. The van der Waals surface area contributed by atoms with Gasteiger partial charge in [-0.2, -0.15) is 0 Å². The molecular weight excluding hydrogens is 613 g/mol. The molecule has 232 valence electrons. The summed E-state index contributed by atoms with van der Waals surface area (Å²) in [6.45, 7) is 0. The normalized spacial score (nSPS) is 12.0. The Bertz CT molecular complexity index is 3030. The van der Waals surface area contributed by atoms with E-state index >= 15 is 0 Å². The molecule has 11 aromatic rings. The Morgan fingerprint density at radius 3 is 1.50 bits per heavy atom. The van der Waals surface area contributed by atoms with Crippen molar-refractivity contribution in [3.05, 3.63) is 158 Å². The average Bonchev–Trinajstić information content (AvgIpc) is 3.75. The third kappa shape index (κ3) is 3.93. The van der Waals surface area contributed by atoms with Crippen LogP contribution in [0.15, 0.2) is 167 Å². The Kier molecular flexibility index (Phi) is 5.63. The van der Waals surface area contributed by atoms with Gasteiger partial charge in [0.2, 0.25) is 0 Å². The number of fused-ring (bicyclic) bond motifs is 12. The summed E-state index contributed by atoms with van der Waals surface area (Å²) in [4.78, 5) is 10.5. The molecule has 8 aromatic carbocycles. The van der Waals surface area contributed by atoms with E-state index in [0.29, 0.717) is 0 Å². The van der Waals surface area contributed by atoms with Gasteiger partial charge in [0.25, 0.3) is 0 Å². The summed E-state index contributed by atoms with van der Waals surface area (Å²) in [5, 5.41) is 8.82. The summed E-state index contributed by atoms with van der Waals surface area (Å²) in [5.41, 5.74) is 10.9. The highest BCUT2D eigenvalue weighted by molar-refractivity contribution is 6.24. The first-order valence-electron chi connectivity index (χ1n) is 16.8. The largest absolute Gasteiger partial charge is 0.455 e. The van der Waals surface area contributed by atoms with Crippen molar-refractivity contribution >= 4 is 76.5 Å². The zero-order valence-electron chi connectivity index (χ0n) is 26.7. The van der Waals surface area contributed by atoms with Gasteiger partial charge in [-0.15, -0.1) is 0 Å². The van der Waals surface area contributed by atoms with Crippen LogP contribution in [-0.2, 0) is 0 Å². The summed E-state index contributed by atoms with van der Waals surface area (Å²) in [6, 6.07) is 52.8. The number of furan rings is 2. The number of benzene rings is 8. The summed E-state index contributed by atoms with van der Waals surface area (Å²) < 4.78 is 13.4. The Morgan fingerprint density at radius 2 is 0.860 bits per heavy atom. The quantitative estimate of drug-likeness (QED) is 0.181. The van der Waals surface area contributed by atoms with Crippen LogP contribution >= 0.6 is 0 Å². The topological polar surface area (TPSA) is 52.1 Å². The van der Waals surface area contributed by atoms with Crippen LogP contribution in [0.5, 0.6) is 0 Å². The second-order valence-electron chi connectivity index (χ2n) is 12.9. The minimum absolute atomic E-state index is 0.801. The van der Waals surface area contributed by atoms with Crippen LogP contribution in [0.3, 0.4) is 0 Å². The van der Waals surface area contributed by atoms with E-state index < -0.39 is 0 Å². The minimum atomic E-state index is 0.801. The predicted molar refractivity (Wildman–Crippen MR) is 205 cm³/mol. The van der Waals surface area contributed by atoms with Gasteiger partial charge in [0.1, 0.15) is 22.3 Å². The molecule has 0 bridgehead atoms. The first kappa shape index (κ1) is 27.2. The molecule has 0 fully saturated rings. The van der Waals surface area contributed by atoms with Crippen molar-refractivity contribution < 1.29 is 8.83 Å². The fourth-order valence-corrected chi connectivity index (χ4v) is 7.78. The van der Waals surface area contributed by atoms with E-state index in [4.69, 9.17) is 18.8 Å². The molecule has 0 atom stereocenters. The lowest BCUT2D eigenvalue weighted by Crippen LogP contribution is -1.93. The van der Waals surface area contributed by atoms with Gasteiger partial charge in [-0.1, -0.05) is 115 Å². The van der Waals surface area contributed by atoms with Crippen LogP contribution in [-0.4, -0.2) is 9.97 Å². The Labute approximate surface area is 285 Å². The van der Waals surface area contributed by atoms with E-state index in [2.05, 4.69) is 121 Å². The highest BCUT2D eigenvalue weighted by atomic mass is 16.3. The summed E-state index contributed by atoms with van der Waals surface area (Å²) in [7, 11) is 0. The van der Waals surface area contributed by atoms with Crippen LogP contribution in [0.2, 0.25) is 0 Å². The second kappa shape index (κ2) is 10.4. The van der Waals surface area contributed by atoms with Crippen LogP contribution in [0.4, 0.5) is 0 Å². The second-order valence-corrected chi connectivity index (χ2v) is 12.9. The van der Waals surface area contributed by atoms with Crippen LogP contribution in [0, 0.1) is 0 Å². The molecule has 0 aliphatic heterocycles. The molecule has 0 amide bonds. The van der Waals surface area contributed by atoms with E-state index in [1.165, 1.54) is 10.8 Å². The summed E-state index contributed by atoms with van der Waals surface area (Å²) >= 11 is 0. The first-order valence-corrected chi connectivity index (χ1v) is 16.8. The van der Waals surface area contributed by atoms with Gasteiger partial charge in [0.15, 0.2) is 0 Å². The van der Waals surface area contributed by atoms with E-state index in [1.807, 2.05) is 36.5 Å². The summed E-state index contributed by atoms with van der Waals surface area (Å²) in [6.07, 6.45) is 1.91. The Hall–Kier alpha value is -6.78. The van der Waals surface area contributed by atoms with Gasteiger partial charge in [0, 0.05) is 37.9 Å². The van der Waals surface area contributed by atoms with Gasteiger partial charge in [-0.05, 0) is 63.9 Å². The molecule has 0 aliphatic rings. The van der Waals surface area contributed by atoms with Crippen molar-refractivity contribution in [2.24, 2.45) is 0 Å². The van der Waals surface area contributed by atoms with Crippen molar-refractivity contribution in [3.8, 4) is 33.5 Å². The fourth-order valence-electron chi connectivity index (χ4n) is 7.78. The standard InChI is InChI=1S/C46H26N2O2/c1-2-12-27(13-3-1)28-22-29(39-26-47-43-35-18-6-4-14-31(35)32-15-5-7-19-36(32)44(43)48-39)24-30(23-28)42-45-37(33-16-8-10-20-40(33)49-45)25-38-34-17-9-11-21-41(34)50-46(38)42/h1-26H.